The zero-order chi connectivity index (χ0) is 13.1. The highest BCUT2D eigenvalue weighted by molar-refractivity contribution is 5.78. The van der Waals surface area contributed by atoms with Crippen LogP contribution in [0.25, 0.3) is 0 Å². The average molecular weight is 250 g/mol. The second-order valence-electron chi connectivity index (χ2n) is 5.32. The second kappa shape index (κ2) is 5.52. The normalized spacial score (nSPS) is 21.9. The molecular formula is C13H22N4O. The van der Waals surface area contributed by atoms with Gasteiger partial charge in [0.1, 0.15) is 0 Å². The van der Waals surface area contributed by atoms with Crippen LogP contribution in [-0.4, -0.2) is 40.1 Å². The minimum absolute atomic E-state index is 0.159. The van der Waals surface area contributed by atoms with Crippen LogP contribution in [0, 0.1) is 12.8 Å². The zero-order valence-corrected chi connectivity index (χ0v) is 11.1. The number of likely N-dealkylation sites (tertiary alicyclic amines) is 1. The molecule has 5 nitrogen and oxygen atoms in total. The van der Waals surface area contributed by atoms with Gasteiger partial charge in [-0.25, -0.2) is 0 Å². The predicted octanol–water partition coefficient (Wildman–Crippen LogP) is 0.846. The number of nitrogens with zero attached hydrogens (tertiary/aromatic N) is 2. The smallest absolute Gasteiger partial charge is 0.228 e. The molecule has 2 heterocycles. The molecule has 1 aromatic rings. The van der Waals surface area contributed by atoms with Gasteiger partial charge in [0.25, 0.3) is 0 Å². The van der Waals surface area contributed by atoms with E-state index in [1.807, 2.05) is 24.8 Å². The Bertz CT molecular complexity index is 413. The summed E-state index contributed by atoms with van der Waals surface area (Å²) in [5, 5.41) is 6.97. The first kappa shape index (κ1) is 13.1. The standard InChI is InChI=1S/C13H22N4O/c1-9-6-12(16-15-9)7-13(18)17-5-3-4-11(8-17)10(2)14/h6,10-11H,3-5,7-8,14H2,1-2H3,(H,15,16)/t10-,11+/m1/s1. The van der Waals surface area contributed by atoms with Gasteiger partial charge in [-0.1, -0.05) is 0 Å². The maximum Gasteiger partial charge on any atom is 0.228 e. The Balaban J connectivity index is 1.92. The largest absolute Gasteiger partial charge is 0.342 e. The van der Waals surface area contributed by atoms with E-state index in [2.05, 4.69) is 10.2 Å². The highest BCUT2D eigenvalue weighted by atomic mass is 16.2. The summed E-state index contributed by atoms with van der Waals surface area (Å²) in [6.07, 6.45) is 2.57. The van der Waals surface area contributed by atoms with Crippen molar-refractivity contribution in [1.29, 1.82) is 0 Å². The minimum atomic E-state index is 0.159. The number of piperidine rings is 1. The van der Waals surface area contributed by atoms with Gasteiger partial charge >= 0.3 is 0 Å². The van der Waals surface area contributed by atoms with Crippen LogP contribution in [0.3, 0.4) is 0 Å². The first-order valence-electron chi connectivity index (χ1n) is 6.60. The molecule has 5 heteroatoms. The Hall–Kier alpha value is -1.36. The maximum absolute atomic E-state index is 12.2. The summed E-state index contributed by atoms with van der Waals surface area (Å²) in [6.45, 7) is 5.61. The molecule has 0 spiro atoms. The number of amides is 1. The summed E-state index contributed by atoms with van der Waals surface area (Å²) < 4.78 is 0. The van der Waals surface area contributed by atoms with Gasteiger partial charge in [0, 0.05) is 24.8 Å². The fourth-order valence-electron chi connectivity index (χ4n) is 2.50. The van der Waals surface area contributed by atoms with Crippen molar-refractivity contribution in [2.24, 2.45) is 11.7 Å². The minimum Gasteiger partial charge on any atom is -0.342 e. The van der Waals surface area contributed by atoms with E-state index in [0.717, 1.165) is 37.3 Å². The molecule has 100 valence electrons. The molecule has 1 fully saturated rings. The van der Waals surface area contributed by atoms with Crippen LogP contribution in [0.4, 0.5) is 0 Å². The van der Waals surface area contributed by atoms with Crippen LogP contribution in [0.5, 0.6) is 0 Å². The summed E-state index contributed by atoms with van der Waals surface area (Å²) in [5.74, 6) is 0.593. The number of aromatic amines is 1. The third-order valence-corrected chi connectivity index (χ3v) is 3.65. The topological polar surface area (TPSA) is 75.0 Å². The van der Waals surface area contributed by atoms with E-state index < -0.39 is 0 Å². The fraction of sp³-hybridized carbons (Fsp3) is 0.692. The van der Waals surface area contributed by atoms with Crippen LogP contribution in [0.1, 0.15) is 31.2 Å². The molecule has 3 N–H and O–H groups in total. The van der Waals surface area contributed by atoms with Crippen LogP contribution in [-0.2, 0) is 11.2 Å². The van der Waals surface area contributed by atoms with E-state index in [-0.39, 0.29) is 11.9 Å². The van der Waals surface area contributed by atoms with E-state index in [1.54, 1.807) is 0 Å². The van der Waals surface area contributed by atoms with Gasteiger partial charge < -0.3 is 10.6 Å². The van der Waals surface area contributed by atoms with Crippen LogP contribution >= 0.6 is 0 Å². The molecule has 1 amide bonds. The lowest BCUT2D eigenvalue weighted by Gasteiger charge is -2.34. The SMILES string of the molecule is Cc1cc(CC(=O)N2CCC[C@H]([C@@H](C)N)C2)n[nH]1. The van der Waals surface area contributed by atoms with E-state index in [4.69, 9.17) is 5.73 Å². The third kappa shape index (κ3) is 3.10. The Morgan fingerprint density at radius 1 is 1.72 bits per heavy atom. The van der Waals surface area contributed by atoms with Crippen molar-refractivity contribution in [2.75, 3.05) is 13.1 Å². The van der Waals surface area contributed by atoms with Crippen molar-refractivity contribution < 1.29 is 4.79 Å². The number of carbonyl (C=O) groups excluding carboxylic acids is 1. The number of nitrogens with two attached hydrogens (primary N) is 1. The molecule has 2 atom stereocenters. The molecule has 1 saturated heterocycles. The Kier molecular flexibility index (Phi) is 4.01. The monoisotopic (exact) mass is 250 g/mol. The lowest BCUT2D eigenvalue weighted by atomic mass is 9.92. The molecule has 0 aliphatic carbocycles. The number of rotatable bonds is 3. The lowest BCUT2D eigenvalue weighted by molar-refractivity contribution is -0.132. The molecule has 1 aromatic heterocycles. The predicted molar refractivity (Wildman–Crippen MR) is 70.0 cm³/mol. The number of hydrogen-bond donors (Lipinski definition) is 2. The Morgan fingerprint density at radius 2 is 2.50 bits per heavy atom. The second-order valence-corrected chi connectivity index (χ2v) is 5.32. The van der Waals surface area contributed by atoms with Gasteiger partial charge in [0.05, 0.1) is 12.1 Å². The van der Waals surface area contributed by atoms with Crippen LogP contribution in [0.2, 0.25) is 0 Å². The summed E-state index contributed by atoms with van der Waals surface area (Å²) in [4.78, 5) is 14.1. The summed E-state index contributed by atoms with van der Waals surface area (Å²) in [5.41, 5.74) is 7.74. The van der Waals surface area contributed by atoms with E-state index in [0.29, 0.717) is 12.3 Å². The van der Waals surface area contributed by atoms with Gasteiger partial charge in [-0.15, -0.1) is 0 Å². The quantitative estimate of drug-likeness (QED) is 0.835. The lowest BCUT2D eigenvalue weighted by Crippen LogP contribution is -2.45. The maximum atomic E-state index is 12.2. The first-order chi connectivity index (χ1) is 8.56. The van der Waals surface area contributed by atoms with E-state index >= 15 is 0 Å². The van der Waals surface area contributed by atoms with E-state index in [9.17, 15) is 4.79 Å². The zero-order valence-electron chi connectivity index (χ0n) is 11.1. The molecule has 0 aromatic carbocycles. The Morgan fingerprint density at radius 3 is 3.11 bits per heavy atom. The molecule has 1 aliphatic rings. The van der Waals surface area contributed by atoms with Gasteiger partial charge in [0.15, 0.2) is 0 Å². The third-order valence-electron chi connectivity index (χ3n) is 3.65. The molecule has 1 aliphatic heterocycles. The fourth-order valence-corrected chi connectivity index (χ4v) is 2.50. The molecule has 18 heavy (non-hydrogen) atoms. The van der Waals surface area contributed by atoms with Crippen LogP contribution < -0.4 is 5.73 Å². The van der Waals surface area contributed by atoms with Gasteiger partial charge in [-0.05, 0) is 38.7 Å². The first-order valence-corrected chi connectivity index (χ1v) is 6.60. The number of nitrogens with one attached hydrogen (secondary N) is 1. The average Bonchev–Trinajstić information content (AvgIpc) is 2.75. The number of hydrogen-bond acceptors (Lipinski definition) is 3. The van der Waals surface area contributed by atoms with Crippen molar-refractivity contribution >= 4 is 5.91 Å². The molecule has 0 unspecified atom stereocenters. The number of carbonyl (C=O) groups is 1. The summed E-state index contributed by atoms with van der Waals surface area (Å²) in [7, 11) is 0. The van der Waals surface area contributed by atoms with Crippen molar-refractivity contribution in [1.82, 2.24) is 15.1 Å². The van der Waals surface area contributed by atoms with E-state index in [1.165, 1.54) is 0 Å². The molecule has 2 rings (SSSR count). The molecule has 0 radical (unpaired) electrons. The van der Waals surface area contributed by atoms with Crippen LogP contribution in [0.15, 0.2) is 6.07 Å². The van der Waals surface area contributed by atoms with Gasteiger partial charge in [-0.3, -0.25) is 9.89 Å². The van der Waals surface area contributed by atoms with Gasteiger partial charge in [-0.2, -0.15) is 5.10 Å². The number of H-pyrrole nitrogens is 1. The molecule has 0 bridgehead atoms. The van der Waals surface area contributed by atoms with Gasteiger partial charge in [0.2, 0.25) is 5.91 Å². The summed E-state index contributed by atoms with van der Waals surface area (Å²) in [6, 6.07) is 2.08. The highest BCUT2D eigenvalue weighted by Crippen LogP contribution is 2.19. The Labute approximate surface area is 108 Å². The molecular weight excluding hydrogens is 228 g/mol. The summed E-state index contributed by atoms with van der Waals surface area (Å²) >= 11 is 0. The highest BCUT2D eigenvalue weighted by Gasteiger charge is 2.25. The van der Waals surface area contributed by atoms with Crippen molar-refractivity contribution in [2.45, 2.75) is 39.2 Å². The number of aromatic nitrogens is 2. The van der Waals surface area contributed by atoms with Crippen molar-refractivity contribution in [3.63, 3.8) is 0 Å². The van der Waals surface area contributed by atoms with Crippen molar-refractivity contribution in [3.8, 4) is 0 Å². The number of aryl methyl sites for hydroxylation is 1. The van der Waals surface area contributed by atoms with Crippen molar-refractivity contribution in [3.05, 3.63) is 17.5 Å². The molecule has 0 saturated carbocycles.